The number of hydrogen-bond acceptors (Lipinski definition) is 5. The number of hydrogen-bond donors (Lipinski definition) is 1. The average molecular weight is 632 g/mol. The van der Waals surface area contributed by atoms with Gasteiger partial charge in [-0.3, -0.25) is 19.7 Å². The molecule has 38 heavy (non-hydrogen) atoms. The van der Waals surface area contributed by atoms with E-state index in [0.717, 1.165) is 22.2 Å². The molecule has 0 bridgehead atoms. The maximum atomic E-state index is 12.3. The summed E-state index contributed by atoms with van der Waals surface area (Å²) in [6.07, 6.45) is -0.984. The highest BCUT2D eigenvalue weighted by Gasteiger charge is 2.17. The number of nitrogens with zero attached hydrogens (tertiary/aromatic N) is 3. The van der Waals surface area contributed by atoms with Gasteiger partial charge in [0.1, 0.15) is 6.10 Å². The van der Waals surface area contributed by atoms with Crippen molar-refractivity contribution in [2.45, 2.75) is 33.8 Å². The van der Waals surface area contributed by atoms with Gasteiger partial charge in [-0.1, -0.05) is 24.3 Å². The fourth-order valence-corrected chi connectivity index (χ4v) is 4.15. The van der Waals surface area contributed by atoms with Crippen LogP contribution in [0.15, 0.2) is 72.8 Å². The molecular formula is C29H34IN3O5. The van der Waals surface area contributed by atoms with Gasteiger partial charge in [0.2, 0.25) is 0 Å². The van der Waals surface area contributed by atoms with Gasteiger partial charge in [0, 0.05) is 53.0 Å². The first-order chi connectivity index (χ1) is 18.2. The van der Waals surface area contributed by atoms with Crippen molar-refractivity contribution in [3.63, 3.8) is 0 Å². The predicted molar refractivity (Wildman–Crippen MR) is 157 cm³/mol. The molecule has 0 aliphatic carbocycles. The van der Waals surface area contributed by atoms with E-state index >= 15 is 0 Å². The summed E-state index contributed by atoms with van der Waals surface area (Å²) in [5.74, 6) is 0.0581. The molecule has 0 aliphatic heterocycles. The van der Waals surface area contributed by atoms with Crippen LogP contribution in [0.1, 0.15) is 65.6 Å². The number of aliphatic hydroxyl groups excluding tert-OH is 1. The fraction of sp³-hybridized carbons (Fsp3) is 0.310. The minimum atomic E-state index is -0.984. The van der Waals surface area contributed by atoms with E-state index in [9.17, 15) is 24.8 Å². The van der Waals surface area contributed by atoms with Gasteiger partial charge in [-0.15, -0.1) is 0 Å². The van der Waals surface area contributed by atoms with E-state index in [1.807, 2.05) is 56.9 Å². The molecule has 0 saturated heterocycles. The van der Waals surface area contributed by atoms with Gasteiger partial charge < -0.3 is 14.9 Å². The van der Waals surface area contributed by atoms with E-state index in [2.05, 4.69) is 22.6 Å². The van der Waals surface area contributed by atoms with Crippen molar-refractivity contribution in [3.8, 4) is 0 Å². The largest absolute Gasteiger partial charge is 0.384 e. The summed E-state index contributed by atoms with van der Waals surface area (Å²) in [6.45, 7) is 10.6. The molecule has 3 aromatic rings. The summed E-state index contributed by atoms with van der Waals surface area (Å²) in [4.78, 5) is 38.0. The Morgan fingerprint density at radius 3 is 1.66 bits per heavy atom. The molecule has 3 rings (SSSR count). The van der Waals surface area contributed by atoms with Crippen molar-refractivity contribution >= 4 is 40.1 Å². The second-order valence-electron chi connectivity index (χ2n) is 8.34. The summed E-state index contributed by atoms with van der Waals surface area (Å²) >= 11 is 2.23. The number of halogens is 1. The molecule has 0 fully saturated rings. The van der Waals surface area contributed by atoms with Crippen LogP contribution in [0.3, 0.4) is 0 Å². The first-order valence-corrected chi connectivity index (χ1v) is 13.6. The standard InChI is InChI=1S/C18H20N2O4.C11H14INO/c1-3-19(4-2)18(22)14-10-8-13(9-11-14)17(21)15-6-5-7-16(12-15)20(23)24;1-3-13(4-2)11(14)9-5-7-10(12)8-6-9/h5-12,17,21H,3-4H2,1-2H3;5-8H,3-4H2,1-2H3. The molecule has 1 atom stereocenters. The Hall–Kier alpha value is -3.31. The van der Waals surface area contributed by atoms with Crippen molar-refractivity contribution in [1.82, 2.24) is 9.80 Å². The number of benzene rings is 3. The molecule has 0 heterocycles. The zero-order chi connectivity index (χ0) is 28.2. The number of aliphatic hydroxyl groups is 1. The number of amides is 2. The van der Waals surface area contributed by atoms with Crippen molar-refractivity contribution in [3.05, 3.63) is 109 Å². The number of nitro groups is 1. The Morgan fingerprint density at radius 2 is 1.24 bits per heavy atom. The summed E-state index contributed by atoms with van der Waals surface area (Å²) in [6, 6.07) is 20.2. The number of carbonyl (C=O) groups is 2. The molecule has 1 unspecified atom stereocenters. The SMILES string of the molecule is CCN(CC)C(=O)c1ccc(C(O)c2cccc([N+](=O)[O-])c2)cc1.CCN(CC)C(=O)c1ccc(I)cc1. The lowest BCUT2D eigenvalue weighted by Gasteiger charge is -2.19. The van der Waals surface area contributed by atoms with E-state index < -0.39 is 11.0 Å². The monoisotopic (exact) mass is 631 g/mol. The Bertz CT molecular complexity index is 1210. The van der Waals surface area contributed by atoms with Crippen LogP contribution in [0.2, 0.25) is 0 Å². The first-order valence-electron chi connectivity index (χ1n) is 12.5. The quantitative estimate of drug-likeness (QED) is 0.179. The third-order valence-electron chi connectivity index (χ3n) is 6.06. The topological polar surface area (TPSA) is 104 Å². The predicted octanol–water partition coefficient (Wildman–Crippen LogP) is 5.93. The molecule has 9 heteroatoms. The van der Waals surface area contributed by atoms with E-state index in [-0.39, 0.29) is 17.5 Å². The molecule has 0 spiro atoms. The minimum absolute atomic E-state index is 0.0589. The normalized spacial score (nSPS) is 11.1. The Labute approximate surface area is 237 Å². The maximum Gasteiger partial charge on any atom is 0.269 e. The van der Waals surface area contributed by atoms with E-state index in [4.69, 9.17) is 0 Å². The van der Waals surface area contributed by atoms with Gasteiger partial charge in [-0.05, 0) is 97.8 Å². The molecule has 2 amide bonds. The smallest absolute Gasteiger partial charge is 0.269 e. The van der Waals surface area contributed by atoms with Gasteiger partial charge in [0.25, 0.3) is 17.5 Å². The number of rotatable bonds is 9. The highest BCUT2D eigenvalue weighted by molar-refractivity contribution is 14.1. The maximum absolute atomic E-state index is 12.3. The average Bonchev–Trinajstić information content (AvgIpc) is 2.94. The van der Waals surface area contributed by atoms with Crippen molar-refractivity contribution < 1.29 is 19.6 Å². The number of nitro benzene ring substituents is 1. The van der Waals surface area contributed by atoms with E-state index in [1.165, 1.54) is 18.2 Å². The lowest BCUT2D eigenvalue weighted by molar-refractivity contribution is -0.385. The zero-order valence-electron chi connectivity index (χ0n) is 22.1. The van der Waals surface area contributed by atoms with Crippen molar-refractivity contribution in [1.29, 1.82) is 0 Å². The van der Waals surface area contributed by atoms with Crippen LogP contribution in [0.25, 0.3) is 0 Å². The van der Waals surface area contributed by atoms with Crippen LogP contribution >= 0.6 is 22.6 Å². The molecule has 0 aliphatic rings. The second kappa shape index (κ2) is 15.2. The van der Waals surface area contributed by atoms with Crippen LogP contribution in [0.4, 0.5) is 5.69 Å². The van der Waals surface area contributed by atoms with Gasteiger partial charge in [-0.25, -0.2) is 0 Å². The molecule has 0 radical (unpaired) electrons. The van der Waals surface area contributed by atoms with E-state index in [0.29, 0.717) is 29.8 Å². The second-order valence-corrected chi connectivity index (χ2v) is 9.58. The van der Waals surface area contributed by atoms with Crippen LogP contribution in [-0.4, -0.2) is 57.8 Å². The van der Waals surface area contributed by atoms with Crippen LogP contribution in [-0.2, 0) is 0 Å². The van der Waals surface area contributed by atoms with Gasteiger partial charge in [-0.2, -0.15) is 0 Å². The van der Waals surface area contributed by atoms with Crippen molar-refractivity contribution in [2.24, 2.45) is 0 Å². The van der Waals surface area contributed by atoms with Gasteiger partial charge >= 0.3 is 0 Å². The fourth-order valence-electron chi connectivity index (χ4n) is 3.79. The third-order valence-corrected chi connectivity index (χ3v) is 6.78. The van der Waals surface area contributed by atoms with E-state index in [1.54, 1.807) is 35.2 Å². The molecule has 0 aromatic heterocycles. The molecule has 8 nitrogen and oxygen atoms in total. The minimum Gasteiger partial charge on any atom is -0.384 e. The Morgan fingerprint density at radius 1 is 0.789 bits per heavy atom. The molecule has 0 saturated carbocycles. The van der Waals surface area contributed by atoms with Crippen LogP contribution < -0.4 is 0 Å². The van der Waals surface area contributed by atoms with Crippen LogP contribution in [0.5, 0.6) is 0 Å². The lowest BCUT2D eigenvalue weighted by Crippen LogP contribution is -2.30. The molecule has 202 valence electrons. The number of carbonyl (C=O) groups excluding carboxylic acids is 2. The van der Waals surface area contributed by atoms with Crippen molar-refractivity contribution in [2.75, 3.05) is 26.2 Å². The summed E-state index contributed by atoms with van der Waals surface area (Å²) in [5, 5.41) is 21.2. The summed E-state index contributed by atoms with van der Waals surface area (Å²) in [7, 11) is 0. The third kappa shape index (κ3) is 8.35. The zero-order valence-corrected chi connectivity index (χ0v) is 24.3. The summed E-state index contributed by atoms with van der Waals surface area (Å²) < 4.78 is 1.15. The highest BCUT2D eigenvalue weighted by atomic mass is 127. The molecular weight excluding hydrogens is 597 g/mol. The Kier molecular flexibility index (Phi) is 12.4. The van der Waals surface area contributed by atoms with Gasteiger partial charge in [0.15, 0.2) is 0 Å². The number of non-ortho nitro benzene ring substituents is 1. The molecule has 1 N–H and O–H groups in total. The molecule has 3 aromatic carbocycles. The summed E-state index contributed by atoms with van der Waals surface area (Å²) in [5.41, 5.74) is 2.27. The first kappa shape index (κ1) is 30.9. The Balaban J connectivity index is 0.000000308. The van der Waals surface area contributed by atoms with Crippen LogP contribution in [0, 0.1) is 13.7 Å². The lowest BCUT2D eigenvalue weighted by atomic mass is 9.99. The highest BCUT2D eigenvalue weighted by Crippen LogP contribution is 2.25. The van der Waals surface area contributed by atoms with Gasteiger partial charge in [0.05, 0.1) is 4.92 Å².